The Balaban J connectivity index is 1.87. The molecule has 0 fully saturated rings. The normalized spacial score (nSPS) is 11.1. The van der Waals surface area contributed by atoms with E-state index in [-0.39, 0.29) is 12.3 Å². The fourth-order valence-corrected chi connectivity index (χ4v) is 4.78. The Morgan fingerprint density at radius 2 is 1.58 bits per heavy atom. The van der Waals surface area contributed by atoms with Crippen LogP contribution in [-0.2, 0) is 4.74 Å². The molecule has 0 aliphatic carbocycles. The van der Waals surface area contributed by atoms with E-state index in [1.54, 1.807) is 6.92 Å². The lowest BCUT2D eigenvalue weighted by Gasteiger charge is -2.10. The van der Waals surface area contributed by atoms with Crippen LogP contribution in [0, 0.1) is 11.3 Å². The average molecular weight is 469 g/mol. The van der Waals surface area contributed by atoms with Gasteiger partial charge >= 0.3 is 5.97 Å². The summed E-state index contributed by atoms with van der Waals surface area (Å²) in [7, 11) is 0. The van der Waals surface area contributed by atoms with Gasteiger partial charge in [-0.05, 0) is 36.1 Å². The number of fused-ring (bicyclic) bond motifs is 4. The van der Waals surface area contributed by atoms with Crippen LogP contribution in [0.3, 0.4) is 0 Å². The zero-order chi connectivity index (χ0) is 24.6. The number of hydrogen-bond acceptors (Lipinski definition) is 5. The Hall–Kier alpha value is -5.02. The predicted molar refractivity (Wildman–Crippen MR) is 140 cm³/mol. The summed E-state index contributed by atoms with van der Waals surface area (Å²) in [4.78, 5) is 23.0. The highest BCUT2D eigenvalue weighted by atomic mass is 16.5. The minimum absolute atomic E-state index is 0.196. The lowest BCUT2D eigenvalue weighted by molar-refractivity contribution is 0.0519. The second-order valence-electron chi connectivity index (χ2n) is 8.33. The molecule has 3 aromatic carbocycles. The van der Waals surface area contributed by atoms with E-state index in [9.17, 15) is 10.1 Å². The van der Waals surface area contributed by atoms with Crippen molar-refractivity contribution in [1.82, 2.24) is 14.4 Å². The van der Waals surface area contributed by atoms with Crippen LogP contribution in [0.4, 0.5) is 0 Å². The van der Waals surface area contributed by atoms with Gasteiger partial charge in [-0.3, -0.25) is 0 Å². The number of aromatic nitrogens is 3. The number of esters is 1. The van der Waals surface area contributed by atoms with Gasteiger partial charge in [0.25, 0.3) is 0 Å². The van der Waals surface area contributed by atoms with Gasteiger partial charge in [0.05, 0.1) is 23.2 Å². The molecule has 0 N–H and O–H groups in total. The average Bonchev–Trinajstić information content (AvgIpc) is 3.28. The van der Waals surface area contributed by atoms with E-state index in [4.69, 9.17) is 9.72 Å². The van der Waals surface area contributed by atoms with Crippen LogP contribution < -0.4 is 0 Å². The molecule has 6 rings (SSSR count). The summed E-state index contributed by atoms with van der Waals surface area (Å²) >= 11 is 0. The van der Waals surface area contributed by atoms with Crippen molar-refractivity contribution >= 4 is 33.3 Å². The van der Waals surface area contributed by atoms with Gasteiger partial charge in [-0.2, -0.15) is 5.26 Å². The van der Waals surface area contributed by atoms with Crippen molar-refractivity contribution in [2.45, 2.75) is 6.92 Å². The van der Waals surface area contributed by atoms with Gasteiger partial charge in [0.1, 0.15) is 17.5 Å². The summed E-state index contributed by atoms with van der Waals surface area (Å²) in [5, 5.41) is 12.1. The van der Waals surface area contributed by atoms with Crippen molar-refractivity contribution in [2.75, 3.05) is 6.61 Å². The summed E-state index contributed by atoms with van der Waals surface area (Å²) in [5.41, 5.74) is 5.25. The van der Waals surface area contributed by atoms with E-state index in [2.05, 4.69) is 11.1 Å². The van der Waals surface area contributed by atoms with E-state index in [1.807, 2.05) is 95.5 Å². The fourth-order valence-electron chi connectivity index (χ4n) is 4.78. The molecule has 6 nitrogen and oxygen atoms in total. The first-order valence-corrected chi connectivity index (χ1v) is 11.7. The van der Waals surface area contributed by atoms with Gasteiger partial charge in [0.2, 0.25) is 0 Å². The van der Waals surface area contributed by atoms with Crippen molar-refractivity contribution < 1.29 is 9.53 Å². The van der Waals surface area contributed by atoms with Crippen molar-refractivity contribution in [3.63, 3.8) is 0 Å². The van der Waals surface area contributed by atoms with Crippen LogP contribution in [0.25, 0.3) is 49.7 Å². The molecule has 0 spiro atoms. The molecule has 0 radical (unpaired) electrons. The molecular formula is C30H20N4O2. The number of ether oxygens (including phenoxy) is 1. The van der Waals surface area contributed by atoms with Crippen molar-refractivity contribution in [3.8, 4) is 28.5 Å². The van der Waals surface area contributed by atoms with Gasteiger partial charge in [0.15, 0.2) is 5.69 Å². The summed E-state index contributed by atoms with van der Waals surface area (Å²) in [6, 6.07) is 29.3. The molecule has 0 atom stereocenters. The lowest BCUT2D eigenvalue weighted by Crippen LogP contribution is -2.09. The fraction of sp³-hybridized carbons (Fsp3) is 0.0667. The molecular weight excluding hydrogens is 448 g/mol. The highest BCUT2D eigenvalue weighted by molar-refractivity contribution is 6.14. The van der Waals surface area contributed by atoms with Crippen LogP contribution in [0.1, 0.15) is 23.1 Å². The van der Waals surface area contributed by atoms with E-state index < -0.39 is 5.97 Å². The number of carbonyl (C=O) groups is 1. The third-order valence-electron chi connectivity index (χ3n) is 6.27. The lowest BCUT2D eigenvalue weighted by atomic mass is 9.96. The first-order chi connectivity index (χ1) is 17.7. The Morgan fingerprint density at radius 3 is 2.33 bits per heavy atom. The second kappa shape index (κ2) is 8.64. The van der Waals surface area contributed by atoms with Gasteiger partial charge in [-0.1, -0.05) is 66.7 Å². The number of hydrogen-bond donors (Lipinski definition) is 0. The Bertz CT molecular complexity index is 1830. The highest BCUT2D eigenvalue weighted by Crippen LogP contribution is 2.43. The molecule has 0 aliphatic rings. The number of carbonyl (C=O) groups excluding carboxylic acids is 1. The third-order valence-corrected chi connectivity index (χ3v) is 6.27. The maximum Gasteiger partial charge on any atom is 0.355 e. The van der Waals surface area contributed by atoms with Crippen LogP contribution in [0.15, 0.2) is 91.1 Å². The SMILES string of the molecule is CCOC(=O)c1c(-c2ccccc2)c(-c2nc3ccccc3nc2C#N)c2c3ccccc3ccn12. The summed E-state index contributed by atoms with van der Waals surface area (Å²) in [6.07, 6.45) is 1.88. The molecule has 0 saturated carbocycles. The molecule has 172 valence electrons. The summed E-state index contributed by atoms with van der Waals surface area (Å²) in [5.74, 6) is -0.444. The zero-order valence-corrected chi connectivity index (χ0v) is 19.5. The van der Waals surface area contributed by atoms with E-state index >= 15 is 0 Å². The van der Waals surface area contributed by atoms with Crippen molar-refractivity contribution in [3.05, 3.63) is 103 Å². The summed E-state index contributed by atoms with van der Waals surface area (Å²) in [6.45, 7) is 2.03. The molecule has 0 unspecified atom stereocenters. The van der Waals surface area contributed by atoms with Crippen LogP contribution >= 0.6 is 0 Å². The molecule has 0 aliphatic heterocycles. The van der Waals surface area contributed by atoms with Gasteiger partial charge < -0.3 is 9.14 Å². The molecule has 0 saturated heterocycles. The molecule has 3 aromatic heterocycles. The first-order valence-electron chi connectivity index (χ1n) is 11.7. The molecule has 6 heteroatoms. The van der Waals surface area contributed by atoms with Gasteiger partial charge in [-0.25, -0.2) is 14.8 Å². The van der Waals surface area contributed by atoms with Crippen LogP contribution in [-0.4, -0.2) is 26.9 Å². The minimum Gasteiger partial charge on any atom is -0.461 e. The molecule has 6 aromatic rings. The van der Waals surface area contributed by atoms with E-state index in [1.165, 1.54) is 0 Å². The largest absolute Gasteiger partial charge is 0.461 e. The second-order valence-corrected chi connectivity index (χ2v) is 8.33. The maximum absolute atomic E-state index is 13.5. The molecule has 3 heterocycles. The Kier molecular flexibility index (Phi) is 5.16. The van der Waals surface area contributed by atoms with Crippen molar-refractivity contribution in [1.29, 1.82) is 5.26 Å². The number of pyridine rings is 1. The minimum atomic E-state index is -0.444. The molecule has 0 bridgehead atoms. The Morgan fingerprint density at radius 1 is 0.889 bits per heavy atom. The zero-order valence-electron chi connectivity index (χ0n) is 19.5. The third kappa shape index (κ3) is 3.29. The molecule has 36 heavy (non-hydrogen) atoms. The topological polar surface area (TPSA) is 80.3 Å². The number of para-hydroxylation sites is 2. The smallest absolute Gasteiger partial charge is 0.355 e. The van der Waals surface area contributed by atoms with Gasteiger partial charge in [-0.15, -0.1) is 0 Å². The highest BCUT2D eigenvalue weighted by Gasteiger charge is 2.30. The Labute approximate surface area is 207 Å². The number of nitriles is 1. The standard InChI is InChI=1S/C30H20N4O2/c1-2-36-30(35)29-25(20-11-4-3-5-12-20)26(28-21-13-7-6-10-19(21)16-17-34(28)29)27-24(18-31)32-22-14-8-9-15-23(22)33-27/h3-17H,2H2,1H3. The van der Waals surface area contributed by atoms with Crippen molar-refractivity contribution in [2.24, 2.45) is 0 Å². The van der Waals surface area contributed by atoms with Crippen LogP contribution in [0.5, 0.6) is 0 Å². The van der Waals surface area contributed by atoms with E-state index in [0.717, 1.165) is 21.9 Å². The quantitative estimate of drug-likeness (QED) is 0.279. The van der Waals surface area contributed by atoms with Gasteiger partial charge in [0, 0.05) is 22.7 Å². The predicted octanol–water partition coefficient (Wildman–Crippen LogP) is 6.42. The number of nitrogens with zero attached hydrogens (tertiary/aromatic N) is 4. The van der Waals surface area contributed by atoms with E-state index in [0.29, 0.717) is 33.5 Å². The van der Waals surface area contributed by atoms with Crippen LogP contribution in [0.2, 0.25) is 0 Å². The number of rotatable bonds is 4. The first kappa shape index (κ1) is 21.5. The molecule has 0 amide bonds. The monoisotopic (exact) mass is 468 g/mol. The maximum atomic E-state index is 13.5. The summed E-state index contributed by atoms with van der Waals surface area (Å²) < 4.78 is 7.38. The number of benzene rings is 3.